The van der Waals surface area contributed by atoms with Gasteiger partial charge in [-0.3, -0.25) is 0 Å². The Bertz CT molecular complexity index is 205. The van der Waals surface area contributed by atoms with Crippen molar-refractivity contribution in [3.8, 4) is 0 Å². The lowest BCUT2D eigenvalue weighted by Gasteiger charge is -2.36. The molecule has 2 N–H and O–H groups in total. The molecule has 2 aliphatic rings. The van der Waals surface area contributed by atoms with Gasteiger partial charge in [-0.2, -0.15) is 4.91 Å². The fourth-order valence-corrected chi connectivity index (χ4v) is 3.16. The van der Waals surface area contributed by atoms with Gasteiger partial charge in [0.1, 0.15) is 0 Å². The van der Waals surface area contributed by atoms with E-state index in [9.17, 15) is 5.11 Å². The monoisotopic (exact) mass is 185 g/mol. The zero-order valence-corrected chi connectivity index (χ0v) is 8.63. The van der Waals surface area contributed by atoms with Gasteiger partial charge in [0, 0.05) is 0 Å². The molecule has 0 aromatic heterocycles. The van der Waals surface area contributed by atoms with Crippen LogP contribution in [-0.4, -0.2) is 11.2 Å². The number of aliphatic hydroxyl groups excluding tert-OH is 1. The summed E-state index contributed by atoms with van der Waals surface area (Å²) in [5.74, 6) is 0.780. The van der Waals surface area contributed by atoms with E-state index < -0.39 is 0 Å². The molecule has 2 rings (SSSR count). The van der Waals surface area contributed by atoms with Crippen LogP contribution >= 0.6 is 0 Å². The van der Waals surface area contributed by atoms with Crippen LogP contribution in [0.5, 0.6) is 0 Å². The minimum absolute atomic E-state index is 0.0313. The smallest absolute Gasteiger partial charge is 0.0601 e. The molecule has 0 aliphatic heterocycles. The third-order valence-electron chi connectivity index (χ3n) is 4.75. The zero-order chi connectivity index (χ0) is 10.3. The van der Waals surface area contributed by atoms with Crippen molar-refractivity contribution in [3.63, 3.8) is 0 Å². The molecule has 2 saturated carbocycles. The van der Waals surface area contributed by atoms with Gasteiger partial charge in [-0.1, -0.05) is 26.4 Å². The standard InChI is InChI=1S/C10H18O.HNO/c1-9(2)7-4-5-10(9,3)8(11)6-7;1-2/h7-8,11H,4-6H2,1-3H3;1H/t7-,8+,10-;/m1./s1. The number of hydrogen-bond donors (Lipinski definition) is 2. The van der Waals surface area contributed by atoms with Gasteiger partial charge in [-0.25, -0.2) is 0 Å². The Kier molecular flexibility index (Phi) is 2.50. The molecule has 2 fully saturated rings. The van der Waals surface area contributed by atoms with E-state index in [4.69, 9.17) is 4.91 Å². The highest BCUT2D eigenvalue weighted by Crippen LogP contribution is 2.65. The van der Waals surface area contributed by atoms with Gasteiger partial charge in [-0.05, 0) is 36.0 Å². The Hall–Kier alpha value is -0.440. The number of aliphatic hydroxyl groups is 1. The summed E-state index contributed by atoms with van der Waals surface area (Å²) < 4.78 is 0. The molecule has 0 spiro atoms. The lowest BCUT2D eigenvalue weighted by atomic mass is 9.70. The molecule has 3 atom stereocenters. The first kappa shape index (κ1) is 10.6. The van der Waals surface area contributed by atoms with Crippen molar-refractivity contribution in [2.45, 2.75) is 46.1 Å². The predicted molar refractivity (Wildman–Crippen MR) is 51.3 cm³/mol. The largest absolute Gasteiger partial charge is 0.393 e. The van der Waals surface area contributed by atoms with Crippen LogP contribution in [-0.2, 0) is 0 Å². The maximum Gasteiger partial charge on any atom is 0.0601 e. The molecule has 0 amide bonds. The summed E-state index contributed by atoms with van der Waals surface area (Å²) in [4.78, 5) is 7.50. The topological polar surface area (TPSA) is 61.1 Å². The highest BCUT2D eigenvalue weighted by atomic mass is 16.3. The van der Waals surface area contributed by atoms with E-state index >= 15 is 0 Å². The molecule has 0 unspecified atom stereocenters. The van der Waals surface area contributed by atoms with Crippen LogP contribution in [0.3, 0.4) is 0 Å². The van der Waals surface area contributed by atoms with Gasteiger partial charge < -0.3 is 5.11 Å². The van der Waals surface area contributed by atoms with Crippen molar-refractivity contribution in [1.82, 2.24) is 0 Å². The number of nitrogens with one attached hydrogen (secondary N) is 1. The van der Waals surface area contributed by atoms with E-state index in [-0.39, 0.29) is 11.5 Å². The normalized spacial score (nSPS) is 45.5. The van der Waals surface area contributed by atoms with Gasteiger partial charge in [-0.15, -0.1) is 0 Å². The highest BCUT2D eigenvalue weighted by molar-refractivity contribution is 5.10. The molecule has 76 valence electrons. The van der Waals surface area contributed by atoms with Crippen molar-refractivity contribution in [2.75, 3.05) is 0 Å². The second kappa shape index (κ2) is 3.05. The number of rotatable bonds is 0. The van der Waals surface area contributed by atoms with Crippen LogP contribution in [0.4, 0.5) is 0 Å². The van der Waals surface area contributed by atoms with Crippen LogP contribution in [0.1, 0.15) is 40.0 Å². The van der Waals surface area contributed by atoms with Crippen molar-refractivity contribution in [2.24, 2.45) is 16.7 Å². The first-order valence-electron chi connectivity index (χ1n) is 4.87. The average Bonchev–Trinajstić information content (AvgIpc) is 2.41. The van der Waals surface area contributed by atoms with Gasteiger partial charge in [0.15, 0.2) is 0 Å². The molecule has 2 aliphatic carbocycles. The van der Waals surface area contributed by atoms with E-state index in [1.165, 1.54) is 12.8 Å². The van der Waals surface area contributed by atoms with Crippen LogP contribution in [0.25, 0.3) is 0 Å². The lowest BCUT2D eigenvalue weighted by Crippen LogP contribution is -2.35. The third-order valence-corrected chi connectivity index (χ3v) is 4.75. The summed E-state index contributed by atoms with van der Waals surface area (Å²) in [6, 6.07) is 0. The lowest BCUT2D eigenvalue weighted by molar-refractivity contribution is 0.0126. The molecule has 13 heavy (non-hydrogen) atoms. The van der Waals surface area contributed by atoms with Gasteiger partial charge in [0.05, 0.1) is 6.10 Å². The minimum Gasteiger partial charge on any atom is -0.393 e. The fourth-order valence-electron chi connectivity index (χ4n) is 3.16. The predicted octanol–water partition coefficient (Wildman–Crippen LogP) is 2.53. The molecule has 0 aromatic rings. The quantitative estimate of drug-likeness (QED) is 0.570. The summed E-state index contributed by atoms with van der Waals surface area (Å²) in [5.41, 5.74) is 5.10. The summed E-state index contributed by atoms with van der Waals surface area (Å²) in [5, 5.41) is 9.81. The number of nitroso groups, excluding NO2 is 1. The van der Waals surface area contributed by atoms with E-state index in [2.05, 4.69) is 26.4 Å². The molecular formula is C10H19NO2. The fraction of sp³-hybridized carbons (Fsp3) is 1.00. The number of hydrogen-bond acceptors (Lipinski definition) is 3. The molecule has 0 aromatic carbocycles. The third kappa shape index (κ3) is 1.13. The summed E-state index contributed by atoms with van der Waals surface area (Å²) in [6.07, 6.45) is 3.58. The van der Waals surface area contributed by atoms with Crippen molar-refractivity contribution in [1.29, 1.82) is 5.59 Å². The van der Waals surface area contributed by atoms with Crippen LogP contribution in [0.15, 0.2) is 0 Å². The van der Waals surface area contributed by atoms with Crippen LogP contribution in [0.2, 0.25) is 0 Å². The SMILES string of the molecule is CC1(C)[C@@H]2CC[C@]1(C)[C@@H](O)C2.N=O. The van der Waals surface area contributed by atoms with Gasteiger partial charge in [0.2, 0.25) is 0 Å². The van der Waals surface area contributed by atoms with Crippen LogP contribution < -0.4 is 0 Å². The average molecular weight is 185 g/mol. The highest BCUT2D eigenvalue weighted by Gasteiger charge is 2.60. The van der Waals surface area contributed by atoms with Gasteiger partial charge >= 0.3 is 0 Å². The van der Waals surface area contributed by atoms with E-state index in [1.807, 2.05) is 0 Å². The Morgan fingerprint density at radius 3 is 2.00 bits per heavy atom. The minimum atomic E-state index is -0.0313. The Balaban J connectivity index is 0.000000396. The van der Waals surface area contributed by atoms with E-state index in [1.54, 1.807) is 0 Å². The molecule has 3 heteroatoms. The Morgan fingerprint density at radius 2 is 1.85 bits per heavy atom. The second-order valence-electron chi connectivity index (χ2n) is 5.13. The second-order valence-corrected chi connectivity index (χ2v) is 5.13. The summed E-state index contributed by atoms with van der Waals surface area (Å²) in [7, 11) is 0. The molecule has 0 saturated heterocycles. The Morgan fingerprint density at radius 1 is 1.31 bits per heavy atom. The van der Waals surface area contributed by atoms with E-state index in [0.29, 0.717) is 5.41 Å². The Labute approximate surface area is 79.3 Å². The maximum atomic E-state index is 9.81. The van der Waals surface area contributed by atoms with Crippen molar-refractivity contribution < 1.29 is 5.11 Å². The zero-order valence-electron chi connectivity index (χ0n) is 8.63. The maximum absolute atomic E-state index is 9.81. The first-order chi connectivity index (χ1) is 5.98. The van der Waals surface area contributed by atoms with Crippen LogP contribution in [0, 0.1) is 27.2 Å². The first-order valence-corrected chi connectivity index (χ1v) is 4.87. The van der Waals surface area contributed by atoms with Gasteiger partial charge in [0.25, 0.3) is 0 Å². The molecular weight excluding hydrogens is 166 g/mol. The molecule has 0 heterocycles. The summed E-state index contributed by atoms with van der Waals surface area (Å²) in [6.45, 7) is 6.90. The number of fused-ring (bicyclic) bond motifs is 2. The molecule has 0 radical (unpaired) electrons. The van der Waals surface area contributed by atoms with Crippen molar-refractivity contribution in [3.05, 3.63) is 4.91 Å². The van der Waals surface area contributed by atoms with Crippen molar-refractivity contribution >= 4 is 0 Å². The summed E-state index contributed by atoms with van der Waals surface area (Å²) >= 11 is 0. The molecule has 2 bridgehead atoms. The van der Waals surface area contributed by atoms with E-state index in [0.717, 1.165) is 12.3 Å². The molecule has 3 nitrogen and oxygen atoms in total.